The maximum atomic E-state index is 13.5. The Kier molecular flexibility index (Phi) is 8.78. The fourth-order valence-electron chi connectivity index (χ4n) is 5.65. The van der Waals surface area contributed by atoms with E-state index in [4.69, 9.17) is 9.37 Å². The summed E-state index contributed by atoms with van der Waals surface area (Å²) in [7, 11) is 2.00. The predicted octanol–water partition coefficient (Wildman–Crippen LogP) is 5.24. The van der Waals surface area contributed by atoms with Crippen molar-refractivity contribution in [3.8, 4) is 0 Å². The fourth-order valence-corrected chi connectivity index (χ4v) is 5.65. The van der Waals surface area contributed by atoms with Crippen molar-refractivity contribution in [2.75, 3.05) is 26.7 Å². The number of allylic oxidation sites excluding steroid dienone is 2. The van der Waals surface area contributed by atoms with Crippen molar-refractivity contribution in [3.63, 3.8) is 0 Å². The van der Waals surface area contributed by atoms with E-state index in [1.165, 1.54) is 11.1 Å². The summed E-state index contributed by atoms with van der Waals surface area (Å²) >= 11 is 0. The average Bonchev–Trinajstić information content (AvgIpc) is 3.47. The van der Waals surface area contributed by atoms with Gasteiger partial charge in [-0.1, -0.05) is 72.8 Å². The van der Waals surface area contributed by atoms with Crippen LogP contribution in [0, 0.1) is 0 Å². The summed E-state index contributed by atoms with van der Waals surface area (Å²) in [5.74, 6) is -2.37. The van der Waals surface area contributed by atoms with Crippen LogP contribution in [-0.2, 0) is 14.3 Å². The van der Waals surface area contributed by atoms with Crippen LogP contribution in [0.15, 0.2) is 106 Å². The average molecular weight is 567 g/mol. The number of aliphatic carboxylic acids is 1. The normalized spacial score (nSPS) is 15.4. The summed E-state index contributed by atoms with van der Waals surface area (Å²) in [6.07, 6.45) is 0.899. The summed E-state index contributed by atoms with van der Waals surface area (Å²) in [6.45, 7) is 4.89. The highest BCUT2D eigenvalue weighted by Crippen LogP contribution is 2.40. The van der Waals surface area contributed by atoms with Gasteiger partial charge in [-0.3, -0.25) is 0 Å². The summed E-state index contributed by atoms with van der Waals surface area (Å²) in [6, 6.07) is 26.1. The van der Waals surface area contributed by atoms with Crippen molar-refractivity contribution in [1.29, 1.82) is 0 Å². The van der Waals surface area contributed by atoms with Gasteiger partial charge in [-0.2, -0.15) is 0 Å². The van der Waals surface area contributed by atoms with E-state index in [0.717, 1.165) is 13.0 Å². The molecule has 0 bridgehead atoms. The second-order valence-corrected chi connectivity index (χ2v) is 10.5. The smallest absolute Gasteiger partial charge is 0.336 e. The molecule has 0 saturated carbocycles. The number of carboxylic acids is 1. The molecule has 9 nitrogen and oxygen atoms in total. The van der Waals surface area contributed by atoms with Gasteiger partial charge in [0, 0.05) is 23.9 Å². The number of aromatic nitrogens is 2. The molecule has 0 amide bonds. The van der Waals surface area contributed by atoms with E-state index in [1.807, 2.05) is 19.2 Å². The molecule has 0 radical (unpaired) electrons. The van der Waals surface area contributed by atoms with Gasteiger partial charge in [0.05, 0.1) is 17.1 Å². The molecule has 1 aliphatic heterocycles. The number of hydrogen-bond acceptors (Lipinski definition) is 8. The summed E-state index contributed by atoms with van der Waals surface area (Å²) in [5.41, 5.74) is 5.17. The Balaban J connectivity index is 1.28. The van der Waals surface area contributed by atoms with Gasteiger partial charge in [0.1, 0.15) is 17.6 Å². The zero-order valence-corrected chi connectivity index (χ0v) is 23.9. The molecule has 1 atom stereocenters. The Morgan fingerprint density at radius 2 is 1.55 bits per heavy atom. The number of carbonyl (C=O) groups excluding carboxylic acids is 1. The number of dihydropyridines is 1. The van der Waals surface area contributed by atoms with Gasteiger partial charge in [0.25, 0.3) is 0 Å². The van der Waals surface area contributed by atoms with E-state index >= 15 is 0 Å². The lowest BCUT2D eigenvalue weighted by Gasteiger charge is -2.29. The van der Waals surface area contributed by atoms with Gasteiger partial charge in [0.15, 0.2) is 0 Å². The minimum Gasteiger partial charge on any atom is -0.478 e. The monoisotopic (exact) mass is 566 g/mol. The molecule has 216 valence electrons. The first-order valence-corrected chi connectivity index (χ1v) is 13.9. The van der Waals surface area contributed by atoms with Gasteiger partial charge < -0.3 is 20.1 Å². The van der Waals surface area contributed by atoms with Gasteiger partial charge >= 0.3 is 11.9 Å². The largest absolute Gasteiger partial charge is 0.478 e. The summed E-state index contributed by atoms with van der Waals surface area (Å²) < 4.78 is 10.7. The van der Waals surface area contributed by atoms with Crippen molar-refractivity contribution in [2.45, 2.75) is 32.1 Å². The number of carboxylic acid groups (broad SMARTS) is 1. The van der Waals surface area contributed by atoms with Crippen LogP contribution in [0.25, 0.3) is 11.0 Å². The molecular formula is C33H34N4O5. The third-order valence-corrected chi connectivity index (χ3v) is 7.75. The lowest BCUT2D eigenvalue weighted by Crippen LogP contribution is -2.33. The second-order valence-electron chi connectivity index (χ2n) is 10.5. The van der Waals surface area contributed by atoms with E-state index in [1.54, 1.807) is 32.0 Å². The summed E-state index contributed by atoms with van der Waals surface area (Å²) in [5, 5.41) is 21.1. The van der Waals surface area contributed by atoms with Crippen molar-refractivity contribution < 1.29 is 24.1 Å². The lowest BCUT2D eigenvalue weighted by atomic mass is 9.80. The first-order chi connectivity index (χ1) is 20.3. The van der Waals surface area contributed by atoms with Gasteiger partial charge in [-0.25, -0.2) is 14.2 Å². The quantitative estimate of drug-likeness (QED) is 0.235. The molecule has 2 N–H and O–H groups in total. The van der Waals surface area contributed by atoms with Crippen LogP contribution >= 0.6 is 0 Å². The maximum Gasteiger partial charge on any atom is 0.336 e. The predicted molar refractivity (Wildman–Crippen MR) is 159 cm³/mol. The molecule has 3 aromatic carbocycles. The van der Waals surface area contributed by atoms with E-state index in [9.17, 15) is 14.7 Å². The molecule has 0 spiro atoms. The lowest BCUT2D eigenvalue weighted by molar-refractivity contribution is -0.139. The highest BCUT2D eigenvalue weighted by Gasteiger charge is 2.38. The number of esters is 1. The highest BCUT2D eigenvalue weighted by molar-refractivity contribution is 6.00. The maximum absolute atomic E-state index is 13.5. The van der Waals surface area contributed by atoms with Crippen molar-refractivity contribution in [3.05, 3.63) is 118 Å². The third kappa shape index (κ3) is 6.11. The topological polar surface area (TPSA) is 118 Å². The van der Waals surface area contributed by atoms with Crippen LogP contribution in [0.3, 0.4) is 0 Å². The van der Waals surface area contributed by atoms with E-state index < -0.39 is 17.9 Å². The molecule has 1 aromatic heterocycles. The standard InChI is InChI=1S/C33H34N4O5/c1-21-28(32(38)39)30(26-15-10-16-27-31(26)36-42-35-27)29(22(2)34-21)33(40)41-20-19-37(3)18-17-25(23-11-6-4-7-12-23)24-13-8-5-9-14-24/h4-16,25,30,34H,17-20H2,1-3H3,(H,38,39). The molecule has 1 aliphatic rings. The van der Waals surface area contributed by atoms with E-state index in [0.29, 0.717) is 34.5 Å². The number of benzene rings is 3. The van der Waals surface area contributed by atoms with Crippen molar-refractivity contribution in [2.24, 2.45) is 0 Å². The van der Waals surface area contributed by atoms with Crippen LogP contribution in [0.2, 0.25) is 0 Å². The molecule has 0 fully saturated rings. The molecule has 4 aromatic rings. The number of ether oxygens (including phenoxy) is 1. The first-order valence-electron chi connectivity index (χ1n) is 13.9. The highest BCUT2D eigenvalue weighted by atomic mass is 16.6. The molecule has 42 heavy (non-hydrogen) atoms. The summed E-state index contributed by atoms with van der Waals surface area (Å²) in [4.78, 5) is 28.1. The van der Waals surface area contributed by atoms with Gasteiger partial charge in [-0.05, 0) is 66.9 Å². The molecule has 0 saturated heterocycles. The molecule has 9 heteroatoms. The zero-order valence-electron chi connectivity index (χ0n) is 23.9. The second kappa shape index (κ2) is 12.8. The Labute approximate surface area is 244 Å². The zero-order chi connectivity index (χ0) is 29.6. The Morgan fingerprint density at radius 3 is 2.19 bits per heavy atom. The number of nitrogens with one attached hydrogen (secondary N) is 1. The number of nitrogens with zero attached hydrogens (tertiary/aromatic N) is 3. The SMILES string of the molecule is CC1=C(C(=O)O)C(c2cccc3nonc23)C(C(=O)OCCN(C)CCC(c2ccccc2)c2ccccc2)=C(C)N1. The van der Waals surface area contributed by atoms with Crippen molar-refractivity contribution in [1.82, 2.24) is 20.5 Å². The minimum atomic E-state index is -1.14. The molecule has 2 heterocycles. The number of rotatable bonds is 11. The van der Waals surface area contributed by atoms with Crippen LogP contribution in [0.5, 0.6) is 0 Å². The van der Waals surface area contributed by atoms with Crippen molar-refractivity contribution >= 4 is 23.0 Å². The van der Waals surface area contributed by atoms with E-state index in [-0.39, 0.29) is 23.7 Å². The third-order valence-electron chi connectivity index (χ3n) is 7.75. The van der Waals surface area contributed by atoms with E-state index in [2.05, 4.69) is 69.1 Å². The van der Waals surface area contributed by atoms with Crippen LogP contribution in [0.1, 0.15) is 48.8 Å². The van der Waals surface area contributed by atoms with Gasteiger partial charge in [0.2, 0.25) is 0 Å². The Bertz CT molecular complexity index is 1590. The fraction of sp³-hybridized carbons (Fsp3) is 0.273. The number of likely N-dealkylation sites (N-methyl/N-ethyl adjacent to an activating group) is 1. The molecule has 1 unspecified atom stereocenters. The van der Waals surface area contributed by atoms with Crippen LogP contribution in [0.4, 0.5) is 0 Å². The number of fused-ring (bicyclic) bond motifs is 1. The Morgan fingerprint density at radius 1 is 0.905 bits per heavy atom. The van der Waals surface area contributed by atoms with Gasteiger partial charge in [-0.15, -0.1) is 0 Å². The van der Waals surface area contributed by atoms with Crippen LogP contribution in [-0.4, -0.2) is 59.0 Å². The molecule has 0 aliphatic carbocycles. The minimum absolute atomic E-state index is 0.0491. The Hall–Kier alpha value is -4.76. The molecular weight excluding hydrogens is 532 g/mol. The number of carbonyl (C=O) groups is 2. The number of hydrogen-bond donors (Lipinski definition) is 2. The van der Waals surface area contributed by atoms with Crippen LogP contribution < -0.4 is 5.32 Å². The molecule has 5 rings (SSSR count). The first kappa shape index (κ1) is 28.8.